The van der Waals surface area contributed by atoms with Crippen LogP contribution in [-0.4, -0.2) is 28.2 Å². The highest BCUT2D eigenvalue weighted by Gasteiger charge is 2.19. The van der Waals surface area contributed by atoms with E-state index in [0.717, 1.165) is 39.2 Å². The molecule has 0 N–H and O–H groups in total. The molecule has 4 aromatic rings. The molecule has 0 amide bonds. The van der Waals surface area contributed by atoms with E-state index >= 15 is 0 Å². The van der Waals surface area contributed by atoms with Gasteiger partial charge in [-0.25, -0.2) is 4.98 Å². The van der Waals surface area contributed by atoms with E-state index in [1.165, 1.54) is 11.3 Å². The van der Waals surface area contributed by atoms with Crippen LogP contribution in [0.15, 0.2) is 48.7 Å². The number of nitrogens with zero attached hydrogens (tertiary/aromatic N) is 2. The number of hydrogen-bond donors (Lipinski definition) is 0. The second-order valence-corrected chi connectivity index (χ2v) is 8.60. The maximum absolute atomic E-state index is 11.9. The van der Waals surface area contributed by atoms with Crippen LogP contribution in [0.3, 0.4) is 0 Å². The number of hydrogen-bond acceptors (Lipinski definition) is 6. The van der Waals surface area contributed by atoms with Crippen molar-refractivity contribution in [3.05, 3.63) is 75.9 Å². The van der Waals surface area contributed by atoms with E-state index in [1.54, 1.807) is 17.5 Å². The average molecular weight is 449 g/mol. The van der Waals surface area contributed by atoms with Gasteiger partial charge in [-0.05, 0) is 49.6 Å². The maximum Gasteiger partial charge on any atom is 0.311 e. The molecular formula is C25H24N2O4S. The van der Waals surface area contributed by atoms with Gasteiger partial charge < -0.3 is 9.47 Å². The van der Waals surface area contributed by atoms with Crippen LogP contribution in [0.1, 0.15) is 39.0 Å². The first kappa shape index (κ1) is 21.8. The standard InChI is InChI=1S/C25H24N2O4S/c1-4-30-22(29)12-20-13-27-21(14-28)23(26-25(27)32-20)19-10-16(2)24(17(3)11-19)31-15-18-8-6-5-7-9-18/h5-11,13-14H,4,12,15H2,1-3H3. The van der Waals surface area contributed by atoms with Gasteiger partial charge in [-0.3, -0.25) is 14.0 Å². The predicted octanol–water partition coefficient (Wildman–Crippen LogP) is 5.18. The van der Waals surface area contributed by atoms with E-state index < -0.39 is 0 Å². The van der Waals surface area contributed by atoms with E-state index in [2.05, 4.69) is 0 Å². The number of aryl methyl sites for hydroxylation is 2. The Kier molecular flexibility index (Phi) is 6.37. The Morgan fingerprint density at radius 3 is 2.53 bits per heavy atom. The van der Waals surface area contributed by atoms with Crippen LogP contribution in [0.4, 0.5) is 0 Å². The molecule has 2 aromatic carbocycles. The Morgan fingerprint density at radius 2 is 1.88 bits per heavy atom. The molecule has 164 valence electrons. The summed E-state index contributed by atoms with van der Waals surface area (Å²) in [6, 6.07) is 14.0. The van der Waals surface area contributed by atoms with E-state index in [0.29, 0.717) is 29.6 Å². The number of carbonyl (C=O) groups is 2. The number of carbonyl (C=O) groups excluding carboxylic acids is 2. The minimum atomic E-state index is -0.290. The summed E-state index contributed by atoms with van der Waals surface area (Å²) in [5.74, 6) is 0.547. The Bertz CT molecular complexity index is 1250. The van der Waals surface area contributed by atoms with Crippen LogP contribution in [0.5, 0.6) is 5.75 Å². The molecule has 0 unspecified atom stereocenters. The van der Waals surface area contributed by atoms with Crippen LogP contribution in [0, 0.1) is 13.8 Å². The van der Waals surface area contributed by atoms with Crippen molar-refractivity contribution >= 4 is 28.6 Å². The van der Waals surface area contributed by atoms with Crippen molar-refractivity contribution in [3.63, 3.8) is 0 Å². The third-order valence-electron chi connectivity index (χ3n) is 5.11. The summed E-state index contributed by atoms with van der Waals surface area (Å²) in [6.07, 6.45) is 2.76. The number of rotatable bonds is 8. The van der Waals surface area contributed by atoms with Crippen molar-refractivity contribution in [1.29, 1.82) is 0 Å². The molecule has 0 aliphatic carbocycles. The van der Waals surface area contributed by atoms with Gasteiger partial charge in [-0.1, -0.05) is 30.3 Å². The number of imidazole rings is 1. The van der Waals surface area contributed by atoms with Gasteiger partial charge in [0.15, 0.2) is 11.2 Å². The van der Waals surface area contributed by atoms with E-state index in [9.17, 15) is 9.59 Å². The topological polar surface area (TPSA) is 69.9 Å². The molecule has 0 bridgehead atoms. The first-order chi connectivity index (χ1) is 15.5. The molecule has 0 fully saturated rings. The van der Waals surface area contributed by atoms with E-state index in [-0.39, 0.29) is 12.4 Å². The molecule has 0 spiro atoms. The number of esters is 1. The van der Waals surface area contributed by atoms with Crippen LogP contribution in [-0.2, 0) is 22.6 Å². The van der Waals surface area contributed by atoms with Gasteiger partial charge in [0, 0.05) is 16.6 Å². The number of fused-ring (bicyclic) bond motifs is 1. The van der Waals surface area contributed by atoms with Gasteiger partial charge in [0.05, 0.1) is 13.0 Å². The molecule has 0 saturated heterocycles. The highest BCUT2D eigenvalue weighted by Crippen LogP contribution is 2.33. The van der Waals surface area contributed by atoms with Crippen molar-refractivity contribution in [1.82, 2.24) is 9.38 Å². The van der Waals surface area contributed by atoms with Crippen molar-refractivity contribution in [2.24, 2.45) is 0 Å². The Hall–Kier alpha value is -3.45. The molecule has 0 radical (unpaired) electrons. The number of aromatic nitrogens is 2. The summed E-state index contributed by atoms with van der Waals surface area (Å²) >= 11 is 1.38. The molecular weight excluding hydrogens is 424 g/mol. The highest BCUT2D eigenvalue weighted by atomic mass is 32.1. The third-order valence-corrected chi connectivity index (χ3v) is 6.09. The van der Waals surface area contributed by atoms with Crippen LogP contribution < -0.4 is 4.74 Å². The van der Waals surface area contributed by atoms with Gasteiger partial charge in [-0.2, -0.15) is 0 Å². The molecule has 0 atom stereocenters. The number of benzene rings is 2. The lowest BCUT2D eigenvalue weighted by Crippen LogP contribution is -2.06. The smallest absolute Gasteiger partial charge is 0.311 e. The van der Waals surface area contributed by atoms with Crippen molar-refractivity contribution in [3.8, 4) is 17.0 Å². The normalized spacial score (nSPS) is 11.0. The highest BCUT2D eigenvalue weighted by molar-refractivity contribution is 7.17. The third kappa shape index (κ3) is 4.43. The SMILES string of the molecule is CCOC(=O)Cc1cn2c(C=O)c(-c3cc(C)c(OCc4ccccc4)c(C)c3)nc2s1. The molecule has 6 nitrogen and oxygen atoms in total. The summed E-state index contributed by atoms with van der Waals surface area (Å²) in [7, 11) is 0. The number of aldehydes is 1. The lowest BCUT2D eigenvalue weighted by atomic mass is 10.0. The minimum Gasteiger partial charge on any atom is -0.488 e. The fourth-order valence-electron chi connectivity index (χ4n) is 3.71. The van der Waals surface area contributed by atoms with Gasteiger partial charge >= 0.3 is 5.97 Å². The van der Waals surface area contributed by atoms with Gasteiger partial charge in [0.2, 0.25) is 0 Å². The fraction of sp³-hybridized carbons (Fsp3) is 0.240. The zero-order valence-corrected chi connectivity index (χ0v) is 19.1. The number of thiazole rings is 1. The Labute approximate surface area is 190 Å². The van der Waals surface area contributed by atoms with Crippen LogP contribution >= 0.6 is 11.3 Å². The molecule has 32 heavy (non-hydrogen) atoms. The van der Waals surface area contributed by atoms with Gasteiger partial charge in [0.25, 0.3) is 0 Å². The monoisotopic (exact) mass is 448 g/mol. The Morgan fingerprint density at radius 1 is 1.16 bits per heavy atom. The van der Waals surface area contributed by atoms with E-state index in [4.69, 9.17) is 14.5 Å². The number of ether oxygens (including phenoxy) is 2. The first-order valence-corrected chi connectivity index (χ1v) is 11.2. The van der Waals surface area contributed by atoms with Crippen LogP contribution in [0.25, 0.3) is 16.2 Å². The summed E-state index contributed by atoms with van der Waals surface area (Å²) in [4.78, 5) is 29.9. The summed E-state index contributed by atoms with van der Waals surface area (Å²) < 4.78 is 12.8. The molecule has 4 rings (SSSR count). The average Bonchev–Trinajstić information content (AvgIpc) is 3.30. The van der Waals surface area contributed by atoms with Crippen molar-refractivity contribution in [2.75, 3.05) is 6.61 Å². The summed E-state index contributed by atoms with van der Waals surface area (Å²) in [5, 5.41) is 0. The molecule has 2 aromatic heterocycles. The molecule has 0 aliphatic heterocycles. The zero-order valence-electron chi connectivity index (χ0n) is 18.3. The lowest BCUT2D eigenvalue weighted by Gasteiger charge is -2.14. The molecule has 0 saturated carbocycles. The predicted molar refractivity (Wildman–Crippen MR) is 124 cm³/mol. The molecule has 2 heterocycles. The van der Waals surface area contributed by atoms with Crippen molar-refractivity contribution in [2.45, 2.75) is 33.8 Å². The van der Waals surface area contributed by atoms with Crippen LogP contribution in [0.2, 0.25) is 0 Å². The first-order valence-electron chi connectivity index (χ1n) is 10.4. The fourth-order valence-corrected chi connectivity index (χ4v) is 4.68. The minimum absolute atomic E-state index is 0.168. The summed E-state index contributed by atoms with van der Waals surface area (Å²) in [5.41, 5.74) is 5.00. The quantitative estimate of drug-likeness (QED) is 0.274. The maximum atomic E-state index is 11.9. The summed E-state index contributed by atoms with van der Waals surface area (Å²) in [6.45, 7) is 6.60. The lowest BCUT2D eigenvalue weighted by molar-refractivity contribution is -0.142. The second kappa shape index (κ2) is 9.36. The Balaban J connectivity index is 1.62. The molecule has 7 heteroatoms. The van der Waals surface area contributed by atoms with Gasteiger partial charge in [-0.15, -0.1) is 11.3 Å². The molecule has 0 aliphatic rings. The second-order valence-electron chi connectivity index (χ2n) is 7.51. The zero-order chi connectivity index (χ0) is 22.7. The van der Waals surface area contributed by atoms with E-state index in [1.807, 2.05) is 56.3 Å². The van der Waals surface area contributed by atoms with Crippen molar-refractivity contribution < 1.29 is 19.1 Å². The van der Waals surface area contributed by atoms with Gasteiger partial charge in [0.1, 0.15) is 23.7 Å². The largest absolute Gasteiger partial charge is 0.488 e.